The van der Waals surface area contributed by atoms with E-state index < -0.39 is 11.6 Å². The van der Waals surface area contributed by atoms with Gasteiger partial charge in [-0.1, -0.05) is 0 Å². The number of carbonyl (C=O) groups excluding carboxylic acids is 1. The number of imidazole rings is 1. The molecule has 0 amide bonds. The number of aryl methyl sites for hydroxylation is 1. The highest BCUT2D eigenvalue weighted by Gasteiger charge is 2.20. The second-order valence-corrected chi connectivity index (χ2v) is 9.35. The highest BCUT2D eigenvalue weighted by molar-refractivity contribution is 5.95. The number of anilines is 2. The van der Waals surface area contributed by atoms with Gasteiger partial charge in [-0.2, -0.15) is 5.10 Å². The summed E-state index contributed by atoms with van der Waals surface area (Å²) in [5.41, 5.74) is 3.18. The molecular weight excluding hydrogens is 492 g/mol. The van der Waals surface area contributed by atoms with Gasteiger partial charge < -0.3 is 15.2 Å². The summed E-state index contributed by atoms with van der Waals surface area (Å²) in [6, 6.07) is 6.12. The van der Waals surface area contributed by atoms with E-state index >= 15 is 0 Å². The molecule has 12 heteroatoms. The zero-order valence-electron chi connectivity index (χ0n) is 20.8. The third kappa shape index (κ3) is 4.08. The van der Waals surface area contributed by atoms with E-state index in [4.69, 9.17) is 0 Å². The van der Waals surface area contributed by atoms with Crippen molar-refractivity contribution in [2.45, 2.75) is 39.9 Å². The first kappa shape index (κ1) is 23.8. The predicted molar refractivity (Wildman–Crippen MR) is 136 cm³/mol. The minimum atomic E-state index is -0.697. The average molecular weight is 516 g/mol. The number of nitrogens with one attached hydrogen (secondary N) is 2. The van der Waals surface area contributed by atoms with Gasteiger partial charge in [0.05, 0.1) is 23.0 Å². The number of fused-ring (bicyclic) bond motifs is 2. The summed E-state index contributed by atoms with van der Waals surface area (Å²) in [6.07, 6.45) is 4.15. The van der Waals surface area contributed by atoms with Crippen LogP contribution >= 0.6 is 0 Å². The van der Waals surface area contributed by atoms with Crippen molar-refractivity contribution in [1.29, 1.82) is 0 Å². The molecule has 1 aromatic carbocycles. The fourth-order valence-corrected chi connectivity index (χ4v) is 4.69. The van der Waals surface area contributed by atoms with Gasteiger partial charge in [-0.3, -0.25) is 4.79 Å². The van der Waals surface area contributed by atoms with Crippen molar-refractivity contribution in [3.8, 4) is 11.3 Å². The van der Waals surface area contributed by atoms with E-state index in [9.17, 15) is 13.6 Å². The van der Waals surface area contributed by atoms with Crippen LogP contribution in [-0.2, 0) is 13.1 Å². The van der Waals surface area contributed by atoms with Crippen molar-refractivity contribution in [3.05, 3.63) is 77.1 Å². The van der Waals surface area contributed by atoms with Gasteiger partial charge in [0, 0.05) is 42.7 Å². The largest absolute Gasteiger partial charge is 0.326 e. The van der Waals surface area contributed by atoms with E-state index in [-0.39, 0.29) is 34.7 Å². The maximum Gasteiger partial charge on any atom is 0.279 e. The Morgan fingerprint density at radius 1 is 1.08 bits per heavy atom. The van der Waals surface area contributed by atoms with Gasteiger partial charge in [0.25, 0.3) is 5.91 Å². The maximum atomic E-state index is 14.9. The molecule has 5 aromatic rings. The third-order valence-corrected chi connectivity index (χ3v) is 6.40. The topological polar surface area (TPSA) is 115 Å². The number of halogens is 2. The molecule has 38 heavy (non-hydrogen) atoms. The van der Waals surface area contributed by atoms with Crippen LogP contribution in [0.3, 0.4) is 0 Å². The van der Waals surface area contributed by atoms with Crippen LogP contribution in [0.2, 0.25) is 0 Å². The summed E-state index contributed by atoms with van der Waals surface area (Å²) in [7, 11) is 0. The first-order chi connectivity index (χ1) is 18.3. The van der Waals surface area contributed by atoms with Gasteiger partial charge in [-0.15, -0.1) is 0 Å². The standard InChI is InChI=1S/C26H23F2N9O/c1-13(2)37-14(3)32-24-18(27)6-16(7-21(24)37)23-19(28)10-31-26(34-23)33-22-5-4-15(9-30-22)25(38)36-12-17-8-29-11-20(17)35-36/h4-7,9-10,12-13,29H,8,11H2,1-3H3,(H,30,31,33,34). The van der Waals surface area contributed by atoms with Crippen LogP contribution in [0.25, 0.3) is 22.3 Å². The molecule has 0 atom stereocenters. The minimum absolute atomic E-state index is 0.0363. The van der Waals surface area contributed by atoms with Crippen LogP contribution in [-0.4, -0.2) is 40.2 Å². The summed E-state index contributed by atoms with van der Waals surface area (Å²) in [5.74, 6) is -0.477. The molecule has 5 heterocycles. The molecule has 0 spiro atoms. The number of benzene rings is 1. The van der Waals surface area contributed by atoms with Crippen LogP contribution in [0.5, 0.6) is 0 Å². The molecule has 0 bridgehead atoms. The molecule has 10 nitrogen and oxygen atoms in total. The van der Waals surface area contributed by atoms with Crippen molar-refractivity contribution < 1.29 is 13.6 Å². The Balaban J connectivity index is 1.27. The third-order valence-electron chi connectivity index (χ3n) is 6.40. The van der Waals surface area contributed by atoms with Crippen molar-refractivity contribution in [1.82, 2.24) is 39.6 Å². The average Bonchev–Trinajstić information content (AvgIpc) is 3.58. The molecule has 0 aliphatic carbocycles. The Labute approximate surface area is 215 Å². The van der Waals surface area contributed by atoms with Crippen LogP contribution in [0.1, 0.15) is 47.3 Å². The van der Waals surface area contributed by atoms with Crippen molar-refractivity contribution in [2.24, 2.45) is 0 Å². The number of nitrogens with zero attached hydrogens (tertiary/aromatic N) is 7. The molecule has 6 rings (SSSR count). The Morgan fingerprint density at radius 3 is 2.66 bits per heavy atom. The fourth-order valence-electron chi connectivity index (χ4n) is 4.69. The first-order valence-corrected chi connectivity index (χ1v) is 12.1. The Bertz CT molecular complexity index is 1690. The Kier molecular flexibility index (Phi) is 5.68. The maximum absolute atomic E-state index is 14.9. The van der Waals surface area contributed by atoms with Gasteiger partial charge in [0.2, 0.25) is 5.95 Å². The quantitative estimate of drug-likeness (QED) is 0.356. The van der Waals surface area contributed by atoms with E-state index in [2.05, 4.69) is 35.7 Å². The van der Waals surface area contributed by atoms with E-state index in [1.54, 1.807) is 31.3 Å². The number of hydrogen-bond donors (Lipinski definition) is 2. The smallest absolute Gasteiger partial charge is 0.279 e. The molecule has 2 N–H and O–H groups in total. The van der Waals surface area contributed by atoms with Crippen LogP contribution < -0.4 is 10.6 Å². The number of aromatic nitrogens is 7. The zero-order valence-corrected chi connectivity index (χ0v) is 20.8. The molecule has 192 valence electrons. The molecule has 0 unspecified atom stereocenters. The van der Waals surface area contributed by atoms with E-state index in [0.717, 1.165) is 17.5 Å². The lowest BCUT2D eigenvalue weighted by molar-refractivity contribution is 0.0944. The number of hydrogen-bond acceptors (Lipinski definition) is 8. The first-order valence-electron chi connectivity index (χ1n) is 12.1. The van der Waals surface area contributed by atoms with Crippen molar-refractivity contribution in [3.63, 3.8) is 0 Å². The second kappa shape index (κ2) is 9.06. The minimum Gasteiger partial charge on any atom is -0.326 e. The second-order valence-electron chi connectivity index (χ2n) is 9.35. The lowest BCUT2D eigenvalue weighted by Crippen LogP contribution is -2.15. The fraction of sp³-hybridized carbons (Fsp3) is 0.231. The van der Waals surface area contributed by atoms with Gasteiger partial charge in [0.1, 0.15) is 22.9 Å². The number of carbonyl (C=O) groups is 1. The Morgan fingerprint density at radius 2 is 1.92 bits per heavy atom. The highest BCUT2D eigenvalue weighted by Crippen LogP contribution is 2.30. The molecule has 4 aromatic heterocycles. The van der Waals surface area contributed by atoms with E-state index in [1.165, 1.54) is 16.9 Å². The normalized spacial score (nSPS) is 12.9. The van der Waals surface area contributed by atoms with Gasteiger partial charge >= 0.3 is 0 Å². The molecule has 0 saturated heterocycles. The summed E-state index contributed by atoms with van der Waals surface area (Å²) < 4.78 is 32.9. The van der Waals surface area contributed by atoms with Crippen LogP contribution in [0.15, 0.2) is 42.9 Å². The van der Waals surface area contributed by atoms with Gasteiger partial charge in [-0.05, 0) is 45.0 Å². The summed E-state index contributed by atoms with van der Waals surface area (Å²) in [4.78, 5) is 29.6. The molecule has 0 saturated carbocycles. The molecular formula is C26H23F2N9O. The van der Waals surface area contributed by atoms with Crippen molar-refractivity contribution in [2.75, 3.05) is 5.32 Å². The van der Waals surface area contributed by atoms with Crippen LogP contribution in [0, 0.1) is 18.6 Å². The molecule has 1 aliphatic rings. The highest BCUT2D eigenvalue weighted by atomic mass is 19.1. The Hall–Kier alpha value is -4.58. The molecule has 1 aliphatic heterocycles. The van der Waals surface area contributed by atoms with Crippen LogP contribution in [0.4, 0.5) is 20.5 Å². The van der Waals surface area contributed by atoms with E-state index in [1.807, 2.05) is 18.4 Å². The predicted octanol–water partition coefficient (Wildman–Crippen LogP) is 4.29. The monoisotopic (exact) mass is 515 g/mol. The van der Waals surface area contributed by atoms with Gasteiger partial charge in [-0.25, -0.2) is 33.4 Å². The molecule has 0 radical (unpaired) electrons. The molecule has 0 fully saturated rings. The lowest BCUT2D eigenvalue weighted by atomic mass is 10.1. The lowest BCUT2D eigenvalue weighted by Gasteiger charge is -2.12. The van der Waals surface area contributed by atoms with E-state index in [0.29, 0.717) is 35.8 Å². The number of rotatable bonds is 5. The summed E-state index contributed by atoms with van der Waals surface area (Å²) in [6.45, 7) is 7.06. The van der Waals surface area contributed by atoms with Gasteiger partial charge in [0.15, 0.2) is 11.6 Å². The van der Waals surface area contributed by atoms with Crippen molar-refractivity contribution >= 4 is 28.7 Å². The zero-order chi connectivity index (χ0) is 26.6. The summed E-state index contributed by atoms with van der Waals surface area (Å²) >= 11 is 0. The summed E-state index contributed by atoms with van der Waals surface area (Å²) in [5, 5.41) is 10.4. The number of pyridine rings is 1. The SMILES string of the molecule is Cc1nc2c(F)cc(-c3nc(Nc4ccc(C(=O)n5cc6c(n5)CNC6)cn4)ncc3F)cc2n1C(C)C.